The highest BCUT2D eigenvalue weighted by molar-refractivity contribution is 5.89. The van der Waals surface area contributed by atoms with Crippen molar-refractivity contribution in [1.29, 1.82) is 0 Å². The zero-order valence-corrected chi connectivity index (χ0v) is 11.9. The first-order chi connectivity index (χ1) is 10.1. The Morgan fingerprint density at radius 2 is 1.90 bits per heavy atom. The van der Waals surface area contributed by atoms with E-state index < -0.39 is 5.97 Å². The molecule has 0 radical (unpaired) electrons. The Labute approximate surface area is 123 Å². The van der Waals surface area contributed by atoms with Gasteiger partial charge in [-0.25, -0.2) is 4.79 Å². The summed E-state index contributed by atoms with van der Waals surface area (Å²) in [6.07, 6.45) is 1.69. The minimum atomic E-state index is -0.957. The van der Waals surface area contributed by atoms with Gasteiger partial charge in [0.05, 0.1) is 17.5 Å². The molecular weight excluding hydrogens is 266 g/mol. The Morgan fingerprint density at radius 3 is 2.52 bits per heavy atom. The third-order valence-electron chi connectivity index (χ3n) is 2.93. The number of nitrogens with zero attached hydrogens (tertiary/aromatic N) is 2. The van der Waals surface area contributed by atoms with Crippen molar-refractivity contribution >= 4 is 23.6 Å². The summed E-state index contributed by atoms with van der Waals surface area (Å²) in [4.78, 5) is 12.9. The van der Waals surface area contributed by atoms with Crippen LogP contribution in [0.4, 0.5) is 11.4 Å². The fourth-order valence-corrected chi connectivity index (χ4v) is 1.76. The van der Waals surface area contributed by atoms with Crippen molar-refractivity contribution in [3.63, 3.8) is 0 Å². The van der Waals surface area contributed by atoms with Crippen molar-refractivity contribution in [1.82, 2.24) is 0 Å². The summed E-state index contributed by atoms with van der Waals surface area (Å²) in [6, 6.07) is 14.5. The Hall–Kier alpha value is -2.82. The number of nitrogens with one attached hydrogen (secondary N) is 1. The van der Waals surface area contributed by atoms with Gasteiger partial charge in [0.25, 0.3) is 0 Å². The molecule has 0 aliphatic carbocycles. The van der Waals surface area contributed by atoms with Gasteiger partial charge in [0.15, 0.2) is 0 Å². The van der Waals surface area contributed by atoms with Crippen molar-refractivity contribution in [2.75, 3.05) is 24.4 Å². The molecule has 0 aliphatic rings. The Bertz CT molecular complexity index is 649. The molecule has 5 heteroatoms. The molecule has 0 unspecified atom stereocenters. The van der Waals surface area contributed by atoms with Gasteiger partial charge in [-0.1, -0.05) is 18.2 Å². The Balaban J connectivity index is 2.02. The van der Waals surface area contributed by atoms with E-state index >= 15 is 0 Å². The fourth-order valence-electron chi connectivity index (χ4n) is 1.76. The Kier molecular flexibility index (Phi) is 4.56. The van der Waals surface area contributed by atoms with Gasteiger partial charge < -0.3 is 10.0 Å². The second-order valence-electron chi connectivity index (χ2n) is 4.74. The van der Waals surface area contributed by atoms with Crippen LogP contribution in [-0.4, -0.2) is 31.4 Å². The summed E-state index contributed by atoms with van der Waals surface area (Å²) in [5, 5.41) is 13.0. The van der Waals surface area contributed by atoms with E-state index in [4.69, 9.17) is 5.11 Å². The minimum Gasteiger partial charge on any atom is -0.478 e. The van der Waals surface area contributed by atoms with Crippen molar-refractivity contribution < 1.29 is 9.90 Å². The van der Waals surface area contributed by atoms with Gasteiger partial charge in [-0.2, -0.15) is 5.10 Å². The third kappa shape index (κ3) is 4.07. The van der Waals surface area contributed by atoms with Crippen LogP contribution in [0.1, 0.15) is 15.9 Å². The highest BCUT2D eigenvalue weighted by Gasteiger charge is 2.02. The van der Waals surface area contributed by atoms with E-state index in [9.17, 15) is 4.79 Å². The number of hydrazone groups is 1. The molecule has 0 spiro atoms. The minimum absolute atomic E-state index is 0.227. The molecule has 108 valence electrons. The molecule has 0 saturated carbocycles. The van der Waals surface area contributed by atoms with Gasteiger partial charge >= 0.3 is 5.97 Å². The lowest BCUT2D eigenvalue weighted by atomic mass is 10.2. The monoisotopic (exact) mass is 283 g/mol. The Morgan fingerprint density at radius 1 is 1.19 bits per heavy atom. The number of rotatable bonds is 5. The molecule has 0 saturated heterocycles. The standard InChI is InChI=1S/C16H17N3O2/c1-19(2)15-8-6-12(7-9-15)11-17-18-14-5-3-4-13(10-14)16(20)21/h3-11,18H,1-2H3,(H,20,21)/b17-11-. The van der Waals surface area contributed by atoms with E-state index in [1.54, 1.807) is 18.3 Å². The zero-order chi connectivity index (χ0) is 15.2. The first-order valence-electron chi connectivity index (χ1n) is 6.46. The lowest BCUT2D eigenvalue weighted by Gasteiger charge is -2.11. The predicted octanol–water partition coefficient (Wildman–Crippen LogP) is 2.90. The third-order valence-corrected chi connectivity index (χ3v) is 2.93. The maximum atomic E-state index is 10.9. The summed E-state index contributed by atoms with van der Waals surface area (Å²) in [5.41, 5.74) is 5.76. The first-order valence-corrected chi connectivity index (χ1v) is 6.46. The van der Waals surface area contributed by atoms with Crippen molar-refractivity contribution in [3.8, 4) is 0 Å². The number of benzene rings is 2. The topological polar surface area (TPSA) is 64.9 Å². The van der Waals surface area contributed by atoms with Gasteiger partial charge in [0.1, 0.15) is 0 Å². The van der Waals surface area contributed by atoms with E-state index in [1.165, 1.54) is 12.1 Å². The normalized spacial score (nSPS) is 10.6. The highest BCUT2D eigenvalue weighted by Crippen LogP contribution is 2.12. The smallest absolute Gasteiger partial charge is 0.335 e. The molecule has 0 aliphatic heterocycles. The van der Waals surface area contributed by atoms with E-state index in [-0.39, 0.29) is 5.56 Å². The van der Waals surface area contributed by atoms with Gasteiger partial charge in [-0.05, 0) is 35.9 Å². The number of hydrogen-bond acceptors (Lipinski definition) is 4. The van der Waals surface area contributed by atoms with Crippen LogP contribution < -0.4 is 10.3 Å². The van der Waals surface area contributed by atoms with Crippen LogP contribution in [0.25, 0.3) is 0 Å². The van der Waals surface area contributed by atoms with Crippen LogP contribution in [0.15, 0.2) is 53.6 Å². The van der Waals surface area contributed by atoms with E-state index in [0.29, 0.717) is 5.69 Å². The molecular formula is C16H17N3O2. The lowest BCUT2D eigenvalue weighted by Crippen LogP contribution is -2.08. The second-order valence-corrected chi connectivity index (χ2v) is 4.74. The van der Waals surface area contributed by atoms with Crippen molar-refractivity contribution in [3.05, 3.63) is 59.7 Å². The number of carboxylic acid groups (broad SMARTS) is 1. The van der Waals surface area contributed by atoms with Crippen LogP contribution in [0.5, 0.6) is 0 Å². The molecule has 2 N–H and O–H groups in total. The molecule has 0 bridgehead atoms. The number of carbonyl (C=O) groups is 1. The van der Waals surface area contributed by atoms with E-state index in [2.05, 4.69) is 10.5 Å². The maximum Gasteiger partial charge on any atom is 0.335 e. The number of hydrogen-bond donors (Lipinski definition) is 2. The van der Waals surface area contributed by atoms with Crippen LogP contribution >= 0.6 is 0 Å². The molecule has 0 amide bonds. The lowest BCUT2D eigenvalue weighted by molar-refractivity contribution is 0.0697. The van der Waals surface area contributed by atoms with E-state index in [0.717, 1.165) is 11.3 Å². The molecule has 0 heterocycles. The molecule has 0 aromatic heterocycles. The van der Waals surface area contributed by atoms with Crippen LogP contribution in [-0.2, 0) is 0 Å². The summed E-state index contributed by atoms with van der Waals surface area (Å²) < 4.78 is 0. The van der Waals surface area contributed by atoms with Crippen LogP contribution in [0.3, 0.4) is 0 Å². The fraction of sp³-hybridized carbons (Fsp3) is 0.125. The van der Waals surface area contributed by atoms with E-state index in [1.807, 2.05) is 43.3 Å². The molecule has 0 fully saturated rings. The van der Waals surface area contributed by atoms with Gasteiger partial charge in [0.2, 0.25) is 0 Å². The van der Waals surface area contributed by atoms with Crippen molar-refractivity contribution in [2.24, 2.45) is 5.10 Å². The quantitative estimate of drug-likeness (QED) is 0.654. The van der Waals surface area contributed by atoms with Gasteiger partial charge in [0, 0.05) is 19.8 Å². The average Bonchev–Trinajstić information content (AvgIpc) is 2.48. The highest BCUT2D eigenvalue weighted by atomic mass is 16.4. The molecule has 21 heavy (non-hydrogen) atoms. The summed E-state index contributed by atoms with van der Waals surface area (Å²) in [6.45, 7) is 0. The SMILES string of the molecule is CN(C)c1ccc(/C=N\Nc2cccc(C(=O)O)c2)cc1. The molecule has 0 atom stereocenters. The van der Waals surface area contributed by atoms with Gasteiger partial charge in [-0.3, -0.25) is 5.43 Å². The molecule has 2 rings (SSSR count). The van der Waals surface area contributed by atoms with Crippen molar-refractivity contribution in [2.45, 2.75) is 0 Å². The number of aromatic carboxylic acids is 1. The molecule has 5 nitrogen and oxygen atoms in total. The summed E-state index contributed by atoms with van der Waals surface area (Å²) in [7, 11) is 3.97. The maximum absolute atomic E-state index is 10.9. The largest absolute Gasteiger partial charge is 0.478 e. The molecule has 2 aromatic carbocycles. The van der Waals surface area contributed by atoms with Gasteiger partial charge in [-0.15, -0.1) is 0 Å². The molecule has 2 aromatic rings. The number of carboxylic acids is 1. The first kappa shape index (κ1) is 14.6. The van der Waals surface area contributed by atoms with Crippen LogP contribution in [0.2, 0.25) is 0 Å². The zero-order valence-electron chi connectivity index (χ0n) is 11.9. The second kappa shape index (κ2) is 6.56. The average molecular weight is 283 g/mol. The summed E-state index contributed by atoms with van der Waals surface area (Å²) in [5.74, 6) is -0.957. The van der Waals surface area contributed by atoms with Crippen LogP contribution in [0, 0.1) is 0 Å². The summed E-state index contributed by atoms with van der Waals surface area (Å²) >= 11 is 0. The number of anilines is 2. The predicted molar refractivity (Wildman–Crippen MR) is 85.4 cm³/mol.